The first kappa shape index (κ1) is 21.4. The lowest BCUT2D eigenvalue weighted by atomic mass is 10.0. The molecule has 1 aromatic heterocycles. The lowest BCUT2D eigenvalue weighted by molar-refractivity contribution is -0.137. The van der Waals surface area contributed by atoms with Crippen LogP contribution in [0, 0.1) is 11.8 Å². The smallest absolute Gasteiger partial charge is 0.342 e. The van der Waals surface area contributed by atoms with E-state index in [1.807, 2.05) is 9.80 Å². The van der Waals surface area contributed by atoms with E-state index < -0.39 is 11.7 Å². The van der Waals surface area contributed by atoms with Crippen molar-refractivity contribution in [3.8, 4) is 0 Å². The van der Waals surface area contributed by atoms with Crippen molar-refractivity contribution >= 4 is 22.8 Å². The summed E-state index contributed by atoms with van der Waals surface area (Å²) in [7, 11) is 0. The summed E-state index contributed by atoms with van der Waals surface area (Å²) in [6.07, 6.45) is -3.71. The molecule has 1 N–H and O–H groups in total. The predicted molar refractivity (Wildman–Crippen MR) is 113 cm³/mol. The summed E-state index contributed by atoms with van der Waals surface area (Å²) in [6.45, 7) is 2.40. The van der Waals surface area contributed by atoms with Crippen LogP contribution >= 0.6 is 0 Å². The van der Waals surface area contributed by atoms with Crippen molar-refractivity contribution in [3.63, 3.8) is 0 Å². The Morgan fingerprint density at radius 1 is 0.970 bits per heavy atom. The number of amides is 2. The van der Waals surface area contributed by atoms with Crippen LogP contribution in [0.3, 0.4) is 0 Å². The zero-order chi connectivity index (χ0) is 23.2. The SMILES string of the molecule is O=C(CCc1ccc(C(F)(F)F)cc1)N1CC2CN(C(=O)c3ccc4[nH]nnc4c3)CC2C1. The van der Waals surface area contributed by atoms with E-state index in [1.54, 1.807) is 18.2 Å². The average Bonchev–Trinajstić information content (AvgIpc) is 3.50. The molecule has 0 aliphatic carbocycles. The number of benzene rings is 2. The Balaban J connectivity index is 1.13. The second kappa shape index (κ2) is 8.17. The van der Waals surface area contributed by atoms with Gasteiger partial charge in [-0.1, -0.05) is 17.3 Å². The highest BCUT2D eigenvalue weighted by Crippen LogP contribution is 2.33. The van der Waals surface area contributed by atoms with E-state index in [-0.39, 0.29) is 30.1 Å². The number of nitrogens with one attached hydrogen (secondary N) is 1. The average molecular weight is 457 g/mol. The van der Waals surface area contributed by atoms with E-state index in [9.17, 15) is 22.8 Å². The van der Waals surface area contributed by atoms with E-state index >= 15 is 0 Å². The Labute approximate surface area is 187 Å². The molecular formula is C23H22F3N5O2. The van der Waals surface area contributed by atoms with Gasteiger partial charge in [0.1, 0.15) is 5.52 Å². The van der Waals surface area contributed by atoms with Crippen molar-refractivity contribution < 1.29 is 22.8 Å². The Kier molecular flexibility index (Phi) is 5.30. The van der Waals surface area contributed by atoms with Gasteiger partial charge in [-0.15, -0.1) is 5.10 Å². The summed E-state index contributed by atoms with van der Waals surface area (Å²) in [5, 5.41) is 10.5. The van der Waals surface area contributed by atoms with Gasteiger partial charge in [0.2, 0.25) is 5.91 Å². The number of carbonyl (C=O) groups is 2. The van der Waals surface area contributed by atoms with Crippen LogP contribution < -0.4 is 0 Å². The Hall–Kier alpha value is -3.43. The van der Waals surface area contributed by atoms with Gasteiger partial charge in [0.15, 0.2) is 0 Å². The molecule has 5 rings (SSSR count). The Morgan fingerprint density at radius 2 is 1.64 bits per heavy atom. The Morgan fingerprint density at radius 3 is 2.30 bits per heavy atom. The maximum absolute atomic E-state index is 12.9. The first-order chi connectivity index (χ1) is 15.8. The second-order valence-electron chi connectivity index (χ2n) is 8.77. The highest BCUT2D eigenvalue weighted by Gasteiger charge is 2.43. The molecule has 7 nitrogen and oxygen atoms in total. The molecule has 33 heavy (non-hydrogen) atoms. The molecule has 2 unspecified atom stereocenters. The number of aryl methyl sites for hydroxylation is 1. The molecule has 2 amide bonds. The van der Waals surface area contributed by atoms with E-state index in [2.05, 4.69) is 15.4 Å². The third-order valence-corrected chi connectivity index (χ3v) is 6.61. The van der Waals surface area contributed by atoms with Crippen LogP contribution in [0.15, 0.2) is 42.5 Å². The topological polar surface area (TPSA) is 82.2 Å². The zero-order valence-corrected chi connectivity index (χ0v) is 17.7. The van der Waals surface area contributed by atoms with Gasteiger partial charge in [0.25, 0.3) is 5.91 Å². The first-order valence-electron chi connectivity index (χ1n) is 10.8. The molecule has 2 aliphatic rings. The summed E-state index contributed by atoms with van der Waals surface area (Å²) < 4.78 is 38.0. The number of fused-ring (bicyclic) bond motifs is 2. The molecule has 0 bridgehead atoms. The van der Waals surface area contributed by atoms with Crippen LogP contribution in [0.25, 0.3) is 11.0 Å². The molecular weight excluding hydrogens is 435 g/mol. The van der Waals surface area contributed by atoms with Gasteiger partial charge in [-0.05, 0) is 42.3 Å². The van der Waals surface area contributed by atoms with E-state index in [0.29, 0.717) is 49.2 Å². The molecule has 2 fully saturated rings. The highest BCUT2D eigenvalue weighted by molar-refractivity contribution is 5.97. The van der Waals surface area contributed by atoms with E-state index in [1.165, 1.54) is 12.1 Å². The normalized spacial score (nSPS) is 20.5. The van der Waals surface area contributed by atoms with Crippen LogP contribution in [0.1, 0.15) is 27.9 Å². The maximum atomic E-state index is 12.9. The number of nitrogens with zero attached hydrogens (tertiary/aromatic N) is 4. The summed E-state index contributed by atoms with van der Waals surface area (Å²) in [5.41, 5.74) is 2.00. The van der Waals surface area contributed by atoms with Crippen LogP contribution in [0.5, 0.6) is 0 Å². The van der Waals surface area contributed by atoms with E-state index in [4.69, 9.17) is 0 Å². The molecule has 2 saturated heterocycles. The quantitative estimate of drug-likeness (QED) is 0.653. The highest BCUT2D eigenvalue weighted by atomic mass is 19.4. The number of hydrogen-bond donors (Lipinski definition) is 1. The van der Waals surface area contributed by atoms with Crippen LogP contribution in [-0.2, 0) is 17.4 Å². The van der Waals surface area contributed by atoms with Gasteiger partial charge in [0.05, 0.1) is 11.1 Å². The zero-order valence-electron chi connectivity index (χ0n) is 17.7. The number of likely N-dealkylation sites (tertiary alicyclic amines) is 2. The minimum Gasteiger partial charge on any atom is -0.342 e. The number of carbonyl (C=O) groups excluding carboxylic acids is 2. The van der Waals surface area contributed by atoms with Crippen molar-refractivity contribution in [2.45, 2.75) is 19.0 Å². The lowest BCUT2D eigenvalue weighted by Crippen LogP contribution is -2.35. The molecule has 2 atom stereocenters. The van der Waals surface area contributed by atoms with Crippen molar-refractivity contribution in [2.24, 2.45) is 11.8 Å². The minimum absolute atomic E-state index is 0.00124. The number of aromatic amines is 1. The van der Waals surface area contributed by atoms with Gasteiger partial charge in [-0.3, -0.25) is 14.7 Å². The van der Waals surface area contributed by atoms with Gasteiger partial charge in [-0.2, -0.15) is 13.2 Å². The van der Waals surface area contributed by atoms with Crippen LogP contribution in [0.4, 0.5) is 13.2 Å². The molecule has 0 spiro atoms. The second-order valence-corrected chi connectivity index (χ2v) is 8.77. The maximum Gasteiger partial charge on any atom is 0.416 e. The third kappa shape index (κ3) is 4.29. The lowest BCUT2D eigenvalue weighted by Gasteiger charge is -2.22. The Bertz CT molecular complexity index is 1180. The van der Waals surface area contributed by atoms with E-state index in [0.717, 1.165) is 17.6 Å². The number of rotatable bonds is 4. The minimum atomic E-state index is -4.36. The molecule has 2 aromatic carbocycles. The molecule has 3 aromatic rings. The summed E-state index contributed by atoms with van der Waals surface area (Å²) in [5.74, 6) is 0.424. The summed E-state index contributed by atoms with van der Waals surface area (Å²) >= 11 is 0. The first-order valence-corrected chi connectivity index (χ1v) is 10.8. The van der Waals surface area contributed by atoms with Gasteiger partial charge in [-0.25, -0.2) is 0 Å². The molecule has 172 valence electrons. The number of aromatic nitrogens is 3. The number of H-pyrrole nitrogens is 1. The number of hydrogen-bond acceptors (Lipinski definition) is 4. The van der Waals surface area contributed by atoms with Crippen molar-refractivity contribution in [2.75, 3.05) is 26.2 Å². The fourth-order valence-corrected chi connectivity index (χ4v) is 4.79. The van der Waals surface area contributed by atoms with Crippen LogP contribution in [0.2, 0.25) is 0 Å². The number of alkyl halides is 3. The van der Waals surface area contributed by atoms with Crippen molar-refractivity contribution in [1.82, 2.24) is 25.2 Å². The summed E-state index contributed by atoms with van der Waals surface area (Å²) in [6, 6.07) is 10.2. The molecule has 3 heterocycles. The monoisotopic (exact) mass is 457 g/mol. The van der Waals surface area contributed by atoms with Gasteiger partial charge in [0, 0.05) is 50.0 Å². The molecule has 0 saturated carbocycles. The summed E-state index contributed by atoms with van der Waals surface area (Å²) in [4.78, 5) is 29.2. The van der Waals surface area contributed by atoms with Gasteiger partial charge < -0.3 is 9.80 Å². The number of halogens is 3. The van der Waals surface area contributed by atoms with Crippen molar-refractivity contribution in [1.29, 1.82) is 0 Å². The molecule has 2 aliphatic heterocycles. The standard InChI is InChI=1S/C23H22F3N5O2/c24-23(25,26)18-5-1-14(2-6-18)3-8-21(32)30-10-16-12-31(13-17(16)11-30)22(33)15-4-7-19-20(9-15)28-29-27-19/h1-2,4-7,9,16-17H,3,8,10-13H2,(H,27,28,29). The predicted octanol–water partition coefficient (Wildman–Crippen LogP) is 3.14. The van der Waals surface area contributed by atoms with Crippen molar-refractivity contribution in [3.05, 3.63) is 59.2 Å². The fourth-order valence-electron chi connectivity index (χ4n) is 4.79. The fraction of sp³-hybridized carbons (Fsp3) is 0.391. The third-order valence-electron chi connectivity index (χ3n) is 6.61. The van der Waals surface area contributed by atoms with Gasteiger partial charge >= 0.3 is 6.18 Å². The van der Waals surface area contributed by atoms with Crippen LogP contribution in [-0.4, -0.2) is 63.2 Å². The molecule has 10 heteroatoms. The molecule has 0 radical (unpaired) electrons. The largest absolute Gasteiger partial charge is 0.416 e.